The highest BCUT2D eigenvalue weighted by Crippen LogP contribution is 2.35. The lowest BCUT2D eigenvalue weighted by Crippen LogP contribution is -2.39. The van der Waals surface area contributed by atoms with Crippen LogP contribution in [0.3, 0.4) is 0 Å². The van der Waals surface area contributed by atoms with Crippen molar-refractivity contribution < 1.29 is 4.79 Å². The number of hydrogen-bond acceptors (Lipinski definition) is 2. The van der Waals surface area contributed by atoms with Crippen LogP contribution in [0, 0.1) is 0 Å². The lowest BCUT2D eigenvalue weighted by Gasteiger charge is -2.35. The third-order valence-corrected chi connectivity index (χ3v) is 3.47. The van der Waals surface area contributed by atoms with Gasteiger partial charge in [0.1, 0.15) is 0 Å². The van der Waals surface area contributed by atoms with Crippen molar-refractivity contribution >= 4 is 17.3 Å². The molecule has 0 spiro atoms. The van der Waals surface area contributed by atoms with Gasteiger partial charge in [-0.15, -0.1) is 0 Å². The highest BCUT2D eigenvalue weighted by molar-refractivity contribution is 5.96. The van der Waals surface area contributed by atoms with Crippen molar-refractivity contribution in [3.8, 4) is 0 Å². The molecule has 1 amide bonds. The highest BCUT2D eigenvalue weighted by Gasteiger charge is 2.26. The maximum Gasteiger partial charge on any atom is 0.224 e. The van der Waals surface area contributed by atoms with E-state index in [9.17, 15) is 4.79 Å². The number of para-hydroxylation sites is 2. The van der Waals surface area contributed by atoms with Crippen molar-refractivity contribution in [2.24, 2.45) is 0 Å². The molecule has 0 radical (unpaired) electrons. The Hall–Kier alpha value is -2.29. The molecule has 96 valence electrons. The first-order valence-electron chi connectivity index (χ1n) is 6.44. The Morgan fingerprint density at radius 3 is 2.53 bits per heavy atom. The molecule has 0 aromatic heterocycles. The first-order chi connectivity index (χ1) is 9.25. The molecule has 0 aliphatic carbocycles. The summed E-state index contributed by atoms with van der Waals surface area (Å²) in [6.07, 6.45) is 0. The SMILES string of the molecule is CC(=O)N1CC(c2ccccc2)Nc2ccccc21. The quantitative estimate of drug-likeness (QED) is 0.845. The molecule has 1 heterocycles. The predicted molar refractivity (Wildman–Crippen MR) is 77.3 cm³/mol. The lowest BCUT2D eigenvalue weighted by molar-refractivity contribution is -0.116. The van der Waals surface area contributed by atoms with Crippen molar-refractivity contribution in [2.45, 2.75) is 13.0 Å². The largest absolute Gasteiger partial charge is 0.375 e. The van der Waals surface area contributed by atoms with E-state index in [0.717, 1.165) is 11.4 Å². The standard InChI is InChI=1S/C16H16N2O/c1-12(19)18-11-15(13-7-3-2-4-8-13)17-14-9-5-6-10-16(14)18/h2-10,15,17H,11H2,1H3. The second-order valence-corrected chi connectivity index (χ2v) is 4.75. The molecule has 1 unspecified atom stereocenters. The fraction of sp³-hybridized carbons (Fsp3) is 0.188. The van der Waals surface area contributed by atoms with E-state index in [0.29, 0.717) is 6.54 Å². The number of anilines is 2. The molecule has 1 N–H and O–H groups in total. The van der Waals surface area contributed by atoms with Crippen molar-refractivity contribution in [3.05, 3.63) is 60.2 Å². The number of fused-ring (bicyclic) bond motifs is 1. The van der Waals surface area contributed by atoms with Gasteiger partial charge >= 0.3 is 0 Å². The zero-order valence-electron chi connectivity index (χ0n) is 10.8. The monoisotopic (exact) mass is 252 g/mol. The summed E-state index contributed by atoms with van der Waals surface area (Å²) in [7, 11) is 0. The molecule has 19 heavy (non-hydrogen) atoms. The van der Waals surface area contributed by atoms with Gasteiger partial charge in [0.15, 0.2) is 0 Å². The number of amides is 1. The Labute approximate surface area is 112 Å². The molecular formula is C16H16N2O. The number of rotatable bonds is 1. The van der Waals surface area contributed by atoms with Crippen LogP contribution in [0.4, 0.5) is 11.4 Å². The summed E-state index contributed by atoms with van der Waals surface area (Å²) in [6, 6.07) is 18.3. The van der Waals surface area contributed by atoms with Gasteiger partial charge in [-0.1, -0.05) is 42.5 Å². The Balaban J connectivity index is 1.99. The molecule has 3 rings (SSSR count). The summed E-state index contributed by atoms with van der Waals surface area (Å²) in [4.78, 5) is 13.7. The minimum absolute atomic E-state index is 0.0786. The van der Waals surface area contributed by atoms with Crippen LogP contribution in [0.5, 0.6) is 0 Å². The summed E-state index contributed by atoms with van der Waals surface area (Å²) >= 11 is 0. The molecule has 1 atom stereocenters. The molecule has 2 aromatic carbocycles. The van der Waals surface area contributed by atoms with E-state index in [4.69, 9.17) is 0 Å². The molecule has 2 aromatic rings. The number of nitrogens with one attached hydrogen (secondary N) is 1. The molecular weight excluding hydrogens is 236 g/mol. The fourth-order valence-electron chi connectivity index (χ4n) is 2.52. The van der Waals surface area contributed by atoms with Crippen molar-refractivity contribution in [2.75, 3.05) is 16.8 Å². The van der Waals surface area contributed by atoms with Crippen molar-refractivity contribution in [3.63, 3.8) is 0 Å². The van der Waals surface area contributed by atoms with Gasteiger partial charge in [0, 0.05) is 6.92 Å². The van der Waals surface area contributed by atoms with Crippen LogP contribution >= 0.6 is 0 Å². The Kier molecular flexibility index (Phi) is 2.95. The maximum atomic E-state index is 11.8. The summed E-state index contributed by atoms with van der Waals surface area (Å²) in [5.74, 6) is 0.0786. The summed E-state index contributed by atoms with van der Waals surface area (Å²) in [5, 5.41) is 3.50. The number of hydrogen-bond donors (Lipinski definition) is 1. The fourth-order valence-corrected chi connectivity index (χ4v) is 2.52. The molecule has 0 saturated heterocycles. The molecule has 3 nitrogen and oxygen atoms in total. The third-order valence-electron chi connectivity index (χ3n) is 3.47. The second-order valence-electron chi connectivity index (χ2n) is 4.75. The van der Waals surface area contributed by atoms with E-state index in [2.05, 4.69) is 17.4 Å². The van der Waals surface area contributed by atoms with Gasteiger partial charge in [-0.2, -0.15) is 0 Å². The van der Waals surface area contributed by atoms with E-state index < -0.39 is 0 Å². The van der Waals surface area contributed by atoms with E-state index in [-0.39, 0.29) is 11.9 Å². The smallest absolute Gasteiger partial charge is 0.224 e. The number of carbonyl (C=O) groups is 1. The number of nitrogens with zero attached hydrogens (tertiary/aromatic N) is 1. The van der Waals surface area contributed by atoms with Gasteiger partial charge in [0.05, 0.1) is 24.0 Å². The Bertz CT molecular complexity index is 595. The predicted octanol–water partition coefficient (Wildman–Crippen LogP) is 3.21. The zero-order chi connectivity index (χ0) is 13.2. The first kappa shape index (κ1) is 11.8. The third kappa shape index (κ3) is 2.19. The van der Waals surface area contributed by atoms with Crippen LogP contribution in [0.15, 0.2) is 54.6 Å². The molecule has 0 saturated carbocycles. The van der Waals surface area contributed by atoms with E-state index in [1.165, 1.54) is 5.56 Å². The topological polar surface area (TPSA) is 32.3 Å². The van der Waals surface area contributed by atoms with Crippen LogP contribution in [-0.2, 0) is 4.79 Å². The van der Waals surface area contributed by atoms with Gasteiger partial charge in [0.25, 0.3) is 0 Å². The van der Waals surface area contributed by atoms with Crippen LogP contribution in [0.25, 0.3) is 0 Å². The van der Waals surface area contributed by atoms with Gasteiger partial charge in [-0.3, -0.25) is 4.79 Å². The van der Waals surface area contributed by atoms with Gasteiger partial charge in [0.2, 0.25) is 5.91 Å². The van der Waals surface area contributed by atoms with Crippen molar-refractivity contribution in [1.29, 1.82) is 0 Å². The van der Waals surface area contributed by atoms with E-state index >= 15 is 0 Å². The number of benzene rings is 2. The molecule has 0 fully saturated rings. The minimum Gasteiger partial charge on any atom is -0.375 e. The second kappa shape index (κ2) is 4.76. The summed E-state index contributed by atoms with van der Waals surface area (Å²) in [6.45, 7) is 2.28. The molecule has 1 aliphatic heterocycles. The van der Waals surface area contributed by atoms with Gasteiger partial charge < -0.3 is 10.2 Å². The van der Waals surface area contributed by atoms with Crippen molar-refractivity contribution in [1.82, 2.24) is 0 Å². The van der Waals surface area contributed by atoms with Crippen LogP contribution < -0.4 is 10.2 Å². The maximum absolute atomic E-state index is 11.8. The van der Waals surface area contributed by atoms with E-state index in [1.54, 1.807) is 6.92 Å². The zero-order valence-corrected chi connectivity index (χ0v) is 10.8. The average molecular weight is 252 g/mol. The van der Waals surface area contributed by atoms with Gasteiger partial charge in [-0.05, 0) is 17.7 Å². The van der Waals surface area contributed by atoms with Gasteiger partial charge in [-0.25, -0.2) is 0 Å². The Morgan fingerprint density at radius 1 is 1.11 bits per heavy atom. The molecule has 0 bridgehead atoms. The lowest BCUT2D eigenvalue weighted by atomic mass is 10.0. The summed E-state index contributed by atoms with van der Waals surface area (Å²) < 4.78 is 0. The first-order valence-corrected chi connectivity index (χ1v) is 6.44. The highest BCUT2D eigenvalue weighted by atomic mass is 16.2. The molecule has 1 aliphatic rings. The summed E-state index contributed by atoms with van der Waals surface area (Å²) in [5.41, 5.74) is 3.17. The average Bonchev–Trinajstić information content (AvgIpc) is 2.47. The minimum atomic E-state index is 0.0786. The van der Waals surface area contributed by atoms with Crippen LogP contribution in [-0.4, -0.2) is 12.5 Å². The Morgan fingerprint density at radius 2 is 1.79 bits per heavy atom. The number of carbonyl (C=O) groups excluding carboxylic acids is 1. The van der Waals surface area contributed by atoms with E-state index in [1.807, 2.05) is 47.4 Å². The molecule has 3 heteroatoms. The normalized spacial score (nSPS) is 17.5. The van der Waals surface area contributed by atoms with Crippen LogP contribution in [0.1, 0.15) is 18.5 Å². The van der Waals surface area contributed by atoms with Crippen LogP contribution in [0.2, 0.25) is 0 Å².